The fourth-order valence-corrected chi connectivity index (χ4v) is 6.92. The molecule has 30 nitrogen and oxygen atoms in total. The molecule has 0 bridgehead atoms. The number of nitrogens with one attached hydrogen (secondary N) is 8. The molecule has 0 aromatic heterocycles. The lowest BCUT2D eigenvalue weighted by Crippen LogP contribution is -2.61. The molecule has 1 aromatic rings. The van der Waals surface area contributed by atoms with E-state index in [0.29, 0.717) is 12.0 Å². The fourth-order valence-electron chi connectivity index (χ4n) is 6.92. The lowest BCUT2D eigenvalue weighted by molar-refractivity contribution is -0.145. The van der Waals surface area contributed by atoms with Gasteiger partial charge in [-0.25, -0.2) is 4.79 Å². The average Bonchev–Trinajstić information content (AvgIpc) is 3.31. The van der Waals surface area contributed by atoms with E-state index in [2.05, 4.69) is 21.3 Å². The smallest absolute Gasteiger partial charge is 0.328 e. The van der Waals surface area contributed by atoms with Crippen LogP contribution in [-0.4, -0.2) is 174 Å². The van der Waals surface area contributed by atoms with Crippen LogP contribution in [0.2, 0.25) is 0 Å². The van der Waals surface area contributed by atoms with Crippen molar-refractivity contribution >= 4 is 83.0 Å². The molecule has 0 aliphatic heterocycles. The van der Waals surface area contributed by atoms with Gasteiger partial charge >= 0.3 is 29.8 Å². The zero-order chi connectivity index (χ0) is 58.1. The van der Waals surface area contributed by atoms with Crippen LogP contribution in [0.5, 0.6) is 0 Å². The standard InChI is InChI=1S/C46H68N10O20/c1-6-21(4)36(48)45(74)55-25(14-20(2)3)39(68)52-28(17-33(61)62)41(70)49-24(12-13-32(59)60)38(67)51-27(16-31(47)58)40(69)53-30(19-35(65)66)43(72)54-29(18-34(63)64)42(71)50-26(15-23-10-8-7-9-11-23)44(73)56-37(22(5)57)46(75)76/h7-11,20-22,24-30,36-37,57H,6,12-19,48H2,1-5H3,(H2,47,58)(H,49,70)(H,50,71)(H,51,67)(H,52,68)(H,53,69)(H,54,72)(H,55,74)(H,56,73)(H,59,60)(H,61,62)(H,63,64)(H,65,66)(H,75,76)/t21-,22+,24-,25-,26-,27-,28-,29-,30-,36-,37-/m0/s1. The molecule has 76 heavy (non-hydrogen) atoms. The third kappa shape index (κ3) is 24.2. The SMILES string of the molecule is CC[C@H](C)[C@H](N)C(=O)N[C@@H](CC(C)C)C(=O)N[C@@H](CC(=O)O)C(=O)N[C@@H](CCC(=O)O)C(=O)N[C@@H](CC(N)=O)C(=O)N[C@@H](CC(=O)O)C(=O)N[C@@H](CC(=O)O)C(=O)N[C@@H](Cc1ccccc1)C(=O)N[C@H](C(=O)O)[C@@H](C)O. The lowest BCUT2D eigenvalue weighted by atomic mass is 9.97. The van der Waals surface area contributed by atoms with Crippen molar-refractivity contribution in [2.45, 2.75) is 153 Å². The van der Waals surface area contributed by atoms with Gasteiger partial charge in [0.2, 0.25) is 53.2 Å². The van der Waals surface area contributed by atoms with Gasteiger partial charge in [0.1, 0.15) is 42.3 Å². The molecule has 0 fully saturated rings. The summed E-state index contributed by atoms with van der Waals surface area (Å²) in [5, 5.41) is 74.8. The number of carboxylic acid groups (broad SMARTS) is 5. The molecule has 1 rings (SSSR count). The maximum Gasteiger partial charge on any atom is 0.328 e. The summed E-state index contributed by atoms with van der Waals surface area (Å²) in [6.45, 7) is 7.90. The number of rotatable bonds is 35. The van der Waals surface area contributed by atoms with Gasteiger partial charge in [-0.1, -0.05) is 64.4 Å². The van der Waals surface area contributed by atoms with E-state index in [1.54, 1.807) is 45.9 Å². The van der Waals surface area contributed by atoms with E-state index in [4.69, 9.17) is 11.5 Å². The molecule has 0 radical (unpaired) electrons. The van der Waals surface area contributed by atoms with Gasteiger partial charge in [0.25, 0.3) is 0 Å². The highest BCUT2D eigenvalue weighted by Crippen LogP contribution is 2.12. The van der Waals surface area contributed by atoms with E-state index in [9.17, 15) is 97.8 Å². The van der Waals surface area contributed by atoms with E-state index in [1.807, 2.05) is 21.3 Å². The second kappa shape index (κ2) is 32.1. The summed E-state index contributed by atoms with van der Waals surface area (Å²) in [6.07, 6.45) is -8.05. The number of aliphatic carboxylic acids is 5. The molecule has 0 spiro atoms. The summed E-state index contributed by atoms with van der Waals surface area (Å²) in [7, 11) is 0. The number of carbonyl (C=O) groups is 14. The molecule has 0 saturated carbocycles. The normalized spacial score (nSPS) is 15.3. The Morgan fingerprint density at radius 1 is 0.487 bits per heavy atom. The predicted octanol–water partition coefficient (Wildman–Crippen LogP) is -4.84. The van der Waals surface area contributed by atoms with Gasteiger partial charge in [0.15, 0.2) is 6.04 Å². The highest BCUT2D eigenvalue weighted by atomic mass is 16.4. The van der Waals surface area contributed by atoms with Crippen LogP contribution in [0.25, 0.3) is 0 Å². The molecular weight excluding hydrogens is 1010 g/mol. The van der Waals surface area contributed by atoms with Crippen LogP contribution in [0.15, 0.2) is 30.3 Å². The van der Waals surface area contributed by atoms with Gasteiger partial charge in [0.05, 0.1) is 37.8 Å². The summed E-state index contributed by atoms with van der Waals surface area (Å²) in [4.78, 5) is 180. The van der Waals surface area contributed by atoms with E-state index in [1.165, 1.54) is 12.1 Å². The van der Waals surface area contributed by atoms with Crippen molar-refractivity contribution in [2.75, 3.05) is 0 Å². The largest absolute Gasteiger partial charge is 0.481 e. The molecule has 0 saturated heterocycles. The van der Waals surface area contributed by atoms with Crippen molar-refractivity contribution in [1.29, 1.82) is 0 Å². The number of carbonyl (C=O) groups excluding carboxylic acids is 9. The van der Waals surface area contributed by atoms with Gasteiger partial charge < -0.3 is 84.6 Å². The Kier molecular flexibility index (Phi) is 27.8. The number of primary amides is 1. The van der Waals surface area contributed by atoms with Crippen LogP contribution in [0, 0.1) is 11.8 Å². The van der Waals surface area contributed by atoms with Crippen LogP contribution >= 0.6 is 0 Å². The maximum absolute atomic E-state index is 13.8. The van der Waals surface area contributed by atoms with Gasteiger partial charge in [-0.05, 0) is 37.2 Å². The Labute approximate surface area is 434 Å². The molecule has 18 N–H and O–H groups in total. The zero-order valence-corrected chi connectivity index (χ0v) is 42.2. The molecule has 0 aliphatic rings. The Bertz CT molecular complexity index is 2280. The number of nitrogens with two attached hydrogens (primary N) is 2. The third-order valence-electron chi connectivity index (χ3n) is 11.2. The first-order valence-electron chi connectivity index (χ1n) is 23.7. The number of hydrogen-bond donors (Lipinski definition) is 16. The summed E-state index contributed by atoms with van der Waals surface area (Å²) in [6, 6.07) is -8.92. The van der Waals surface area contributed by atoms with Gasteiger partial charge in [-0.3, -0.25) is 62.3 Å². The number of hydrogen-bond acceptors (Lipinski definition) is 16. The predicted molar refractivity (Wildman–Crippen MR) is 259 cm³/mol. The molecule has 0 aliphatic carbocycles. The molecule has 30 heteroatoms. The van der Waals surface area contributed by atoms with Crippen molar-refractivity contribution in [3.63, 3.8) is 0 Å². The van der Waals surface area contributed by atoms with E-state index < -0.39 is 182 Å². The number of aliphatic hydroxyl groups excluding tert-OH is 1. The highest BCUT2D eigenvalue weighted by Gasteiger charge is 2.38. The van der Waals surface area contributed by atoms with Gasteiger partial charge in [0, 0.05) is 12.8 Å². The minimum atomic E-state index is -2.27. The van der Waals surface area contributed by atoms with Gasteiger partial charge in [-0.2, -0.15) is 0 Å². The monoisotopic (exact) mass is 1080 g/mol. The van der Waals surface area contributed by atoms with Crippen LogP contribution in [-0.2, 0) is 73.5 Å². The summed E-state index contributed by atoms with van der Waals surface area (Å²) in [5.74, 6) is -20.6. The van der Waals surface area contributed by atoms with Crippen LogP contribution in [0.3, 0.4) is 0 Å². The highest BCUT2D eigenvalue weighted by molar-refractivity contribution is 6.01. The minimum absolute atomic E-state index is 0.0216. The Balaban J connectivity index is 3.56. The molecule has 1 aromatic carbocycles. The summed E-state index contributed by atoms with van der Waals surface area (Å²) >= 11 is 0. The first kappa shape index (κ1) is 65.7. The van der Waals surface area contributed by atoms with Gasteiger partial charge in [-0.15, -0.1) is 0 Å². The Hall–Kier alpha value is -8.28. The molecule has 422 valence electrons. The lowest BCUT2D eigenvalue weighted by Gasteiger charge is -2.28. The molecular formula is C46H68N10O20. The van der Waals surface area contributed by atoms with Crippen molar-refractivity contribution < 1.29 is 97.8 Å². The van der Waals surface area contributed by atoms with E-state index in [0.717, 1.165) is 6.92 Å². The zero-order valence-electron chi connectivity index (χ0n) is 42.2. The van der Waals surface area contributed by atoms with Crippen molar-refractivity contribution in [3.05, 3.63) is 35.9 Å². The van der Waals surface area contributed by atoms with Crippen LogP contribution < -0.4 is 54.0 Å². The summed E-state index contributed by atoms with van der Waals surface area (Å²) in [5.41, 5.74) is 11.7. The average molecular weight is 1080 g/mol. The maximum atomic E-state index is 13.8. The van der Waals surface area contributed by atoms with E-state index in [-0.39, 0.29) is 24.7 Å². The van der Waals surface area contributed by atoms with E-state index >= 15 is 0 Å². The van der Waals surface area contributed by atoms with Crippen LogP contribution in [0.1, 0.15) is 91.5 Å². The minimum Gasteiger partial charge on any atom is -0.481 e. The fraction of sp³-hybridized carbons (Fsp3) is 0.565. The van der Waals surface area contributed by atoms with Crippen molar-refractivity contribution in [2.24, 2.45) is 23.3 Å². The van der Waals surface area contributed by atoms with Crippen molar-refractivity contribution in [3.8, 4) is 0 Å². The third-order valence-corrected chi connectivity index (χ3v) is 11.2. The summed E-state index contributed by atoms with van der Waals surface area (Å²) < 4.78 is 0. The molecule has 0 unspecified atom stereocenters. The van der Waals surface area contributed by atoms with Crippen LogP contribution in [0.4, 0.5) is 0 Å². The number of benzene rings is 1. The van der Waals surface area contributed by atoms with Crippen molar-refractivity contribution in [1.82, 2.24) is 42.5 Å². The molecule has 11 atom stereocenters. The topological polar surface area (TPSA) is 509 Å². The molecule has 0 heterocycles. The Morgan fingerprint density at radius 2 is 0.855 bits per heavy atom. The second-order valence-electron chi connectivity index (χ2n) is 18.1. The number of carboxylic acids is 5. The first-order valence-corrected chi connectivity index (χ1v) is 23.7. The Morgan fingerprint density at radius 3 is 1.22 bits per heavy atom. The number of amides is 9. The first-order chi connectivity index (χ1) is 35.4. The second-order valence-corrected chi connectivity index (χ2v) is 18.1. The number of aliphatic hydroxyl groups is 1. The molecule has 9 amide bonds. The quantitative estimate of drug-likeness (QED) is 0.0303.